The maximum absolute atomic E-state index is 5.97. The molecule has 3 heterocycles. The van der Waals surface area contributed by atoms with Crippen molar-refractivity contribution in [3.8, 4) is 0 Å². The van der Waals surface area contributed by atoms with E-state index in [0.717, 1.165) is 42.7 Å². The van der Waals surface area contributed by atoms with Gasteiger partial charge < -0.3 is 10.6 Å². The van der Waals surface area contributed by atoms with E-state index in [1.807, 2.05) is 24.4 Å². The Hall–Kier alpha value is -1.30. The molecule has 1 saturated heterocycles. The number of nitrogen functional groups attached to an aromatic ring is 1. The molecule has 0 atom stereocenters. The third kappa shape index (κ3) is 3.23. The van der Waals surface area contributed by atoms with E-state index < -0.39 is 0 Å². The normalized spacial score (nSPS) is 16.6. The van der Waals surface area contributed by atoms with Gasteiger partial charge >= 0.3 is 0 Å². The molecule has 1 aliphatic rings. The molecule has 0 bridgehead atoms. The lowest BCUT2D eigenvalue weighted by Gasteiger charge is -2.35. The Morgan fingerprint density at radius 2 is 1.95 bits per heavy atom. The highest BCUT2D eigenvalue weighted by Gasteiger charge is 2.17. The van der Waals surface area contributed by atoms with Crippen LogP contribution in [-0.2, 0) is 6.54 Å². The molecule has 3 rings (SSSR count). The molecule has 2 aromatic heterocycles. The van der Waals surface area contributed by atoms with Gasteiger partial charge in [-0.15, -0.1) is 11.3 Å². The van der Waals surface area contributed by atoms with Gasteiger partial charge in [-0.25, -0.2) is 4.98 Å². The molecule has 0 aliphatic carbocycles. The molecule has 0 radical (unpaired) electrons. The number of anilines is 2. The van der Waals surface area contributed by atoms with E-state index >= 15 is 0 Å². The average Bonchev–Trinajstić information content (AvgIpc) is 2.86. The Balaban J connectivity index is 1.55. The number of hydrogen-bond donors (Lipinski definition) is 1. The van der Waals surface area contributed by atoms with Crippen LogP contribution < -0.4 is 10.6 Å². The Morgan fingerprint density at radius 3 is 2.55 bits per heavy atom. The lowest BCUT2D eigenvalue weighted by Crippen LogP contribution is -2.45. The minimum Gasteiger partial charge on any atom is -0.384 e. The summed E-state index contributed by atoms with van der Waals surface area (Å²) < 4.78 is 0.867. The smallest absolute Gasteiger partial charge is 0.123 e. The first kappa shape index (κ1) is 13.7. The maximum atomic E-state index is 5.97. The maximum Gasteiger partial charge on any atom is 0.123 e. The number of nitrogens with two attached hydrogens (primary N) is 1. The third-order valence-electron chi connectivity index (χ3n) is 3.52. The number of piperazine rings is 1. The van der Waals surface area contributed by atoms with Crippen molar-refractivity contribution < 1.29 is 0 Å². The molecule has 6 heteroatoms. The van der Waals surface area contributed by atoms with E-state index in [9.17, 15) is 0 Å². The minimum atomic E-state index is 0.571. The van der Waals surface area contributed by atoms with Crippen molar-refractivity contribution in [3.05, 3.63) is 39.7 Å². The van der Waals surface area contributed by atoms with Crippen LogP contribution in [0.2, 0.25) is 4.34 Å². The van der Waals surface area contributed by atoms with Crippen LogP contribution in [0.5, 0.6) is 0 Å². The molecular formula is C14H17ClN4S. The largest absolute Gasteiger partial charge is 0.384 e. The summed E-state index contributed by atoms with van der Waals surface area (Å²) in [5.41, 5.74) is 6.77. The second-order valence-corrected chi connectivity index (χ2v) is 6.71. The number of pyridine rings is 1. The van der Waals surface area contributed by atoms with Crippen LogP contribution in [0.15, 0.2) is 30.5 Å². The molecule has 0 unspecified atom stereocenters. The van der Waals surface area contributed by atoms with Crippen LogP contribution in [0.3, 0.4) is 0 Å². The first-order valence-electron chi connectivity index (χ1n) is 6.64. The first-order chi connectivity index (χ1) is 9.70. The number of nitrogens with zero attached hydrogens (tertiary/aromatic N) is 3. The highest BCUT2D eigenvalue weighted by atomic mass is 35.5. The molecule has 0 spiro atoms. The van der Waals surface area contributed by atoms with Gasteiger partial charge in [0, 0.05) is 37.6 Å². The van der Waals surface area contributed by atoms with Gasteiger partial charge in [0.1, 0.15) is 5.82 Å². The molecule has 1 fully saturated rings. The summed E-state index contributed by atoms with van der Waals surface area (Å²) in [6.07, 6.45) is 1.85. The highest BCUT2D eigenvalue weighted by molar-refractivity contribution is 7.16. The summed E-state index contributed by atoms with van der Waals surface area (Å²) in [4.78, 5) is 10.3. The van der Waals surface area contributed by atoms with Crippen molar-refractivity contribution in [2.75, 3.05) is 36.8 Å². The first-order valence-corrected chi connectivity index (χ1v) is 7.83. The standard InChI is InChI=1S/C14H17ClN4S/c15-13-3-2-12(20-13)10-18-5-7-19(8-6-18)11-1-4-14(16)17-9-11/h1-4,9H,5-8,10H2,(H2,16,17). The Morgan fingerprint density at radius 1 is 1.15 bits per heavy atom. The molecular weight excluding hydrogens is 292 g/mol. The predicted molar refractivity (Wildman–Crippen MR) is 85.5 cm³/mol. The monoisotopic (exact) mass is 308 g/mol. The summed E-state index contributed by atoms with van der Waals surface area (Å²) in [6.45, 7) is 5.14. The van der Waals surface area contributed by atoms with Crippen LogP contribution in [0.1, 0.15) is 4.88 Å². The second kappa shape index (κ2) is 5.99. The molecule has 0 aromatic carbocycles. The van der Waals surface area contributed by atoms with E-state index in [0.29, 0.717) is 5.82 Å². The Bertz CT molecular complexity index is 561. The van der Waals surface area contributed by atoms with Crippen LogP contribution >= 0.6 is 22.9 Å². The van der Waals surface area contributed by atoms with Crippen molar-refractivity contribution in [1.29, 1.82) is 0 Å². The van der Waals surface area contributed by atoms with Gasteiger partial charge in [0.15, 0.2) is 0 Å². The number of rotatable bonds is 3. The molecule has 0 amide bonds. The molecule has 2 aromatic rings. The topological polar surface area (TPSA) is 45.4 Å². The van der Waals surface area contributed by atoms with E-state index in [1.165, 1.54) is 4.88 Å². The Labute approximate surface area is 127 Å². The van der Waals surface area contributed by atoms with Crippen LogP contribution in [0.25, 0.3) is 0 Å². The number of hydrogen-bond acceptors (Lipinski definition) is 5. The lowest BCUT2D eigenvalue weighted by molar-refractivity contribution is 0.252. The fraction of sp³-hybridized carbons (Fsp3) is 0.357. The van der Waals surface area contributed by atoms with E-state index in [1.54, 1.807) is 11.3 Å². The van der Waals surface area contributed by atoms with Gasteiger partial charge in [-0.2, -0.15) is 0 Å². The predicted octanol–water partition coefficient (Wildman–Crippen LogP) is 2.70. The minimum absolute atomic E-state index is 0.571. The van der Waals surface area contributed by atoms with Gasteiger partial charge in [0.05, 0.1) is 16.2 Å². The SMILES string of the molecule is Nc1ccc(N2CCN(Cc3ccc(Cl)s3)CC2)cn1. The Kier molecular flexibility index (Phi) is 4.10. The number of aromatic nitrogens is 1. The summed E-state index contributed by atoms with van der Waals surface area (Å²) in [7, 11) is 0. The number of thiophene rings is 1. The van der Waals surface area contributed by atoms with Crippen LogP contribution in [0.4, 0.5) is 11.5 Å². The average molecular weight is 309 g/mol. The second-order valence-electron chi connectivity index (χ2n) is 4.91. The van der Waals surface area contributed by atoms with Gasteiger partial charge in [-0.3, -0.25) is 4.90 Å². The van der Waals surface area contributed by atoms with Gasteiger partial charge in [-0.1, -0.05) is 11.6 Å². The van der Waals surface area contributed by atoms with Gasteiger partial charge in [0.2, 0.25) is 0 Å². The van der Waals surface area contributed by atoms with Crippen LogP contribution in [-0.4, -0.2) is 36.1 Å². The summed E-state index contributed by atoms with van der Waals surface area (Å²) in [5.74, 6) is 0.571. The molecule has 20 heavy (non-hydrogen) atoms. The number of halogens is 1. The highest BCUT2D eigenvalue weighted by Crippen LogP contribution is 2.23. The van der Waals surface area contributed by atoms with E-state index in [4.69, 9.17) is 17.3 Å². The quantitative estimate of drug-likeness (QED) is 0.947. The zero-order valence-electron chi connectivity index (χ0n) is 11.1. The summed E-state index contributed by atoms with van der Waals surface area (Å²) in [6, 6.07) is 7.98. The lowest BCUT2D eigenvalue weighted by atomic mass is 10.2. The van der Waals surface area contributed by atoms with Crippen molar-refractivity contribution in [3.63, 3.8) is 0 Å². The zero-order chi connectivity index (χ0) is 13.9. The molecule has 0 saturated carbocycles. The molecule has 1 aliphatic heterocycles. The molecule has 106 valence electrons. The molecule has 4 nitrogen and oxygen atoms in total. The van der Waals surface area contributed by atoms with E-state index in [2.05, 4.69) is 20.9 Å². The van der Waals surface area contributed by atoms with Gasteiger partial charge in [-0.05, 0) is 24.3 Å². The van der Waals surface area contributed by atoms with Gasteiger partial charge in [0.25, 0.3) is 0 Å². The van der Waals surface area contributed by atoms with Crippen molar-refractivity contribution >= 4 is 34.4 Å². The van der Waals surface area contributed by atoms with Crippen molar-refractivity contribution in [2.45, 2.75) is 6.54 Å². The van der Waals surface area contributed by atoms with Crippen molar-refractivity contribution in [1.82, 2.24) is 9.88 Å². The fourth-order valence-corrected chi connectivity index (χ4v) is 3.54. The van der Waals surface area contributed by atoms with E-state index in [-0.39, 0.29) is 0 Å². The van der Waals surface area contributed by atoms with Crippen LogP contribution in [0, 0.1) is 0 Å². The fourth-order valence-electron chi connectivity index (χ4n) is 2.41. The molecule has 2 N–H and O–H groups in total. The van der Waals surface area contributed by atoms with Crippen molar-refractivity contribution in [2.24, 2.45) is 0 Å². The zero-order valence-corrected chi connectivity index (χ0v) is 12.7. The third-order valence-corrected chi connectivity index (χ3v) is 4.73. The summed E-state index contributed by atoms with van der Waals surface area (Å²) in [5, 5.41) is 0. The summed E-state index contributed by atoms with van der Waals surface area (Å²) >= 11 is 7.64.